The van der Waals surface area contributed by atoms with Gasteiger partial charge in [0.1, 0.15) is 17.3 Å². The SMILES string of the molecule is CCCCC1CCc2cc(O)cc3c2[N+]1([O-])C(C)C3CCN1CCN(c2cc(C)ccn2)CC1. The molecule has 0 amide bonds. The highest BCUT2D eigenvalue weighted by molar-refractivity contribution is 5.68. The molecule has 1 aromatic heterocycles. The lowest BCUT2D eigenvalue weighted by Gasteiger charge is -2.53. The number of quaternary nitrogens is 1. The van der Waals surface area contributed by atoms with E-state index < -0.39 is 0 Å². The van der Waals surface area contributed by atoms with Gasteiger partial charge >= 0.3 is 0 Å². The second kappa shape index (κ2) is 9.48. The average molecular weight is 465 g/mol. The molecule has 1 saturated heterocycles. The maximum Gasteiger partial charge on any atom is 0.140 e. The van der Waals surface area contributed by atoms with Crippen LogP contribution in [0.15, 0.2) is 30.5 Å². The first-order valence-electron chi connectivity index (χ1n) is 13.3. The van der Waals surface area contributed by atoms with Gasteiger partial charge in [0.15, 0.2) is 0 Å². The Morgan fingerprint density at radius 3 is 2.68 bits per heavy atom. The molecule has 3 aliphatic heterocycles. The maximum atomic E-state index is 14.6. The van der Waals surface area contributed by atoms with Crippen LogP contribution >= 0.6 is 0 Å². The number of aryl methyl sites for hydroxylation is 2. The molecular weight excluding hydrogens is 424 g/mol. The van der Waals surface area contributed by atoms with E-state index in [-0.39, 0.29) is 22.6 Å². The number of hydroxylamine groups is 2. The summed E-state index contributed by atoms with van der Waals surface area (Å²) < 4.78 is -0.164. The van der Waals surface area contributed by atoms with Gasteiger partial charge < -0.3 is 19.9 Å². The van der Waals surface area contributed by atoms with E-state index in [4.69, 9.17) is 0 Å². The number of anilines is 1. The highest BCUT2D eigenvalue weighted by Gasteiger charge is 2.52. The first kappa shape index (κ1) is 23.6. The Balaban J connectivity index is 1.29. The summed E-state index contributed by atoms with van der Waals surface area (Å²) in [5, 5.41) is 25.0. The minimum absolute atomic E-state index is 0.00971. The lowest BCUT2D eigenvalue weighted by atomic mass is 9.90. The van der Waals surface area contributed by atoms with Crippen molar-refractivity contribution < 1.29 is 5.11 Å². The van der Waals surface area contributed by atoms with E-state index in [0.717, 1.165) is 93.9 Å². The standard InChI is InChI=1S/C28H40N4O2/c1-4-5-6-23-8-7-22-18-24(33)19-26-25(21(3)32(23,34)28(22)26)10-12-30-13-15-31(16-14-30)27-17-20(2)9-11-29-27/h9,11,17-19,21,23,25,33H,4-8,10,12-16H2,1-3H3. The number of piperazine rings is 1. The molecule has 0 bridgehead atoms. The number of rotatable bonds is 7. The summed E-state index contributed by atoms with van der Waals surface area (Å²) in [6, 6.07) is 8.13. The first-order chi connectivity index (χ1) is 16.4. The van der Waals surface area contributed by atoms with Crippen molar-refractivity contribution in [2.45, 2.75) is 77.3 Å². The molecule has 6 nitrogen and oxygen atoms in total. The lowest BCUT2D eigenvalue weighted by molar-refractivity contribution is 0.173. The summed E-state index contributed by atoms with van der Waals surface area (Å²) >= 11 is 0. The van der Waals surface area contributed by atoms with Crippen LogP contribution in [0.1, 0.15) is 68.6 Å². The summed E-state index contributed by atoms with van der Waals surface area (Å²) in [5.74, 6) is 1.61. The largest absolute Gasteiger partial charge is 0.627 e. The highest BCUT2D eigenvalue weighted by Crippen LogP contribution is 2.55. The van der Waals surface area contributed by atoms with E-state index in [0.29, 0.717) is 5.75 Å². The second-order valence-corrected chi connectivity index (χ2v) is 10.7. The van der Waals surface area contributed by atoms with Gasteiger partial charge in [0.25, 0.3) is 0 Å². The molecule has 0 aliphatic carbocycles. The molecule has 4 atom stereocenters. The number of aromatic hydroxyl groups is 1. The number of aromatic nitrogens is 1. The molecule has 34 heavy (non-hydrogen) atoms. The van der Waals surface area contributed by atoms with Crippen LogP contribution in [-0.2, 0) is 6.42 Å². The van der Waals surface area contributed by atoms with Crippen LogP contribution in [0.2, 0.25) is 0 Å². The normalized spacial score (nSPS) is 28.8. The monoisotopic (exact) mass is 464 g/mol. The Morgan fingerprint density at radius 1 is 1.15 bits per heavy atom. The summed E-state index contributed by atoms with van der Waals surface area (Å²) in [5.41, 5.74) is 4.46. The van der Waals surface area contributed by atoms with Crippen LogP contribution in [-0.4, -0.2) is 59.8 Å². The van der Waals surface area contributed by atoms with E-state index in [1.165, 1.54) is 5.56 Å². The summed E-state index contributed by atoms with van der Waals surface area (Å²) in [7, 11) is 0. The average Bonchev–Trinajstić information content (AvgIpc) is 3.05. The molecule has 4 unspecified atom stereocenters. The Kier molecular flexibility index (Phi) is 6.58. The Morgan fingerprint density at radius 2 is 1.94 bits per heavy atom. The van der Waals surface area contributed by atoms with Gasteiger partial charge in [-0.05, 0) is 69.5 Å². The molecule has 4 heterocycles. The molecule has 1 aromatic carbocycles. The van der Waals surface area contributed by atoms with Crippen molar-refractivity contribution in [2.24, 2.45) is 0 Å². The van der Waals surface area contributed by atoms with Gasteiger partial charge in [0, 0.05) is 62.3 Å². The molecule has 2 aromatic rings. The molecule has 3 aliphatic rings. The Labute approximate surface area is 204 Å². The summed E-state index contributed by atoms with van der Waals surface area (Å²) in [6.07, 6.45) is 7.98. The van der Waals surface area contributed by atoms with Gasteiger partial charge in [-0.25, -0.2) is 4.98 Å². The molecule has 1 N–H and O–H groups in total. The number of hydrogen-bond acceptors (Lipinski definition) is 5. The molecular formula is C28H40N4O2. The minimum Gasteiger partial charge on any atom is -0.627 e. The predicted octanol–water partition coefficient (Wildman–Crippen LogP) is 5.10. The Bertz CT molecular complexity index is 1020. The van der Waals surface area contributed by atoms with Crippen LogP contribution in [0.4, 0.5) is 11.5 Å². The number of unbranched alkanes of at least 4 members (excludes halogenated alkanes) is 1. The third-order valence-electron chi connectivity index (χ3n) is 8.67. The van der Waals surface area contributed by atoms with E-state index in [1.54, 1.807) is 0 Å². The molecule has 0 radical (unpaired) electrons. The molecule has 0 saturated carbocycles. The Hall–Kier alpha value is -2.15. The van der Waals surface area contributed by atoms with Crippen molar-refractivity contribution in [1.29, 1.82) is 0 Å². The number of benzene rings is 1. The fourth-order valence-electron chi connectivity index (χ4n) is 6.75. The molecule has 184 valence electrons. The van der Waals surface area contributed by atoms with Crippen LogP contribution in [0.5, 0.6) is 5.75 Å². The third-order valence-corrected chi connectivity index (χ3v) is 8.67. The van der Waals surface area contributed by atoms with Crippen molar-refractivity contribution >= 4 is 11.5 Å². The first-order valence-corrected chi connectivity index (χ1v) is 13.3. The van der Waals surface area contributed by atoms with Gasteiger partial charge in [-0.15, -0.1) is 0 Å². The quantitative estimate of drug-likeness (QED) is 0.456. The van der Waals surface area contributed by atoms with E-state index in [2.05, 4.69) is 41.6 Å². The zero-order valence-electron chi connectivity index (χ0n) is 21.0. The van der Waals surface area contributed by atoms with Crippen molar-refractivity contribution in [3.8, 4) is 5.75 Å². The molecule has 0 spiro atoms. The highest BCUT2D eigenvalue weighted by atomic mass is 16.6. The van der Waals surface area contributed by atoms with Crippen LogP contribution in [0, 0.1) is 12.1 Å². The van der Waals surface area contributed by atoms with Crippen molar-refractivity contribution in [3.63, 3.8) is 0 Å². The van der Waals surface area contributed by atoms with E-state index in [9.17, 15) is 10.3 Å². The van der Waals surface area contributed by atoms with Gasteiger partial charge in [0.2, 0.25) is 0 Å². The van der Waals surface area contributed by atoms with E-state index >= 15 is 0 Å². The number of phenols is 1. The van der Waals surface area contributed by atoms with E-state index in [1.807, 2.05) is 24.4 Å². The van der Waals surface area contributed by atoms with Gasteiger partial charge in [0.05, 0.1) is 12.1 Å². The van der Waals surface area contributed by atoms with Crippen molar-refractivity contribution in [3.05, 3.63) is 52.4 Å². The third kappa shape index (κ3) is 4.10. The fourth-order valence-corrected chi connectivity index (χ4v) is 6.75. The van der Waals surface area contributed by atoms with Gasteiger partial charge in [-0.3, -0.25) is 4.90 Å². The van der Waals surface area contributed by atoms with Gasteiger partial charge in [-0.2, -0.15) is 0 Å². The topological polar surface area (TPSA) is 62.7 Å². The minimum atomic E-state index is -0.164. The van der Waals surface area contributed by atoms with Crippen LogP contribution in [0.25, 0.3) is 0 Å². The molecule has 5 rings (SSSR count). The fraction of sp³-hybridized carbons (Fsp3) is 0.607. The number of phenolic OH excluding ortho intramolecular Hbond substituents is 1. The number of nitrogens with zero attached hydrogens (tertiary/aromatic N) is 4. The molecule has 6 heteroatoms. The van der Waals surface area contributed by atoms with Gasteiger partial charge in [-0.1, -0.05) is 13.3 Å². The summed E-state index contributed by atoms with van der Waals surface area (Å²) in [4.78, 5) is 9.47. The second-order valence-electron chi connectivity index (χ2n) is 10.7. The van der Waals surface area contributed by atoms with Crippen LogP contribution in [0.3, 0.4) is 0 Å². The van der Waals surface area contributed by atoms with Crippen LogP contribution < -0.4 is 9.55 Å². The smallest absolute Gasteiger partial charge is 0.140 e. The lowest BCUT2D eigenvalue weighted by Crippen LogP contribution is -2.58. The number of hydrogen-bond donors (Lipinski definition) is 1. The van der Waals surface area contributed by atoms with Crippen molar-refractivity contribution in [2.75, 3.05) is 37.6 Å². The van der Waals surface area contributed by atoms with Crippen molar-refractivity contribution in [1.82, 2.24) is 14.5 Å². The summed E-state index contributed by atoms with van der Waals surface area (Å²) in [6.45, 7) is 11.5. The predicted molar refractivity (Wildman–Crippen MR) is 139 cm³/mol. The number of pyridine rings is 1. The zero-order chi connectivity index (χ0) is 23.9. The zero-order valence-corrected chi connectivity index (χ0v) is 21.0. The maximum absolute atomic E-state index is 14.6. The molecule has 1 fully saturated rings.